The van der Waals surface area contributed by atoms with Gasteiger partial charge in [0.1, 0.15) is 0 Å². The van der Waals surface area contributed by atoms with Crippen molar-refractivity contribution >= 4 is 0 Å². The fourth-order valence-corrected chi connectivity index (χ4v) is 3.69. The molecule has 2 nitrogen and oxygen atoms in total. The van der Waals surface area contributed by atoms with Crippen LogP contribution in [0.5, 0.6) is 0 Å². The van der Waals surface area contributed by atoms with E-state index in [2.05, 4.69) is 36.9 Å². The number of likely N-dealkylation sites (tertiary alicyclic amines) is 1. The monoisotopic (exact) mass is 231 g/mol. The Bertz CT molecular complexity index is 407. The highest BCUT2D eigenvalue weighted by atomic mass is 16.3. The highest BCUT2D eigenvalue weighted by molar-refractivity contribution is 5.36. The number of nitrogens with zero attached hydrogens (tertiary/aromatic N) is 1. The molecule has 2 aliphatic rings. The van der Waals surface area contributed by atoms with Crippen molar-refractivity contribution in [2.24, 2.45) is 0 Å². The molecule has 0 radical (unpaired) electrons. The van der Waals surface area contributed by atoms with Crippen LogP contribution in [0.25, 0.3) is 0 Å². The van der Waals surface area contributed by atoms with Gasteiger partial charge in [0.25, 0.3) is 0 Å². The summed E-state index contributed by atoms with van der Waals surface area (Å²) in [6.07, 6.45) is 3.24. The average molecular weight is 231 g/mol. The van der Waals surface area contributed by atoms with Gasteiger partial charge < -0.3 is 5.11 Å². The van der Waals surface area contributed by atoms with Gasteiger partial charge in [-0.05, 0) is 44.2 Å². The highest BCUT2D eigenvalue weighted by Crippen LogP contribution is 2.39. The summed E-state index contributed by atoms with van der Waals surface area (Å²) in [7, 11) is 0. The van der Waals surface area contributed by atoms with Crippen LogP contribution in [0.3, 0.4) is 0 Å². The number of hydrogen-bond acceptors (Lipinski definition) is 2. The molecule has 0 saturated carbocycles. The fraction of sp³-hybridized carbons (Fsp3) is 0.600. The van der Waals surface area contributed by atoms with Gasteiger partial charge in [-0.1, -0.05) is 24.3 Å². The fourth-order valence-electron chi connectivity index (χ4n) is 3.69. The van der Waals surface area contributed by atoms with Gasteiger partial charge in [-0.15, -0.1) is 0 Å². The largest absolute Gasteiger partial charge is 0.387 e. The van der Waals surface area contributed by atoms with Crippen LogP contribution in [0, 0.1) is 0 Å². The molecule has 0 spiro atoms. The molecule has 0 amide bonds. The third kappa shape index (κ3) is 1.71. The van der Waals surface area contributed by atoms with Crippen LogP contribution >= 0.6 is 0 Å². The van der Waals surface area contributed by atoms with E-state index in [0.29, 0.717) is 18.1 Å². The standard InChI is InChI=1S/C15H21NO/c1-10-7-8-11(2)16(10)14-9-12-5-3-4-6-13(12)15(14)17/h3-6,10-11,14-15,17H,7-9H2,1-2H3/t10-,11+,14-,15+/m1/s1. The van der Waals surface area contributed by atoms with Gasteiger partial charge in [0.15, 0.2) is 0 Å². The molecular weight excluding hydrogens is 210 g/mol. The molecule has 2 heteroatoms. The molecule has 92 valence electrons. The minimum atomic E-state index is -0.297. The number of fused-ring (bicyclic) bond motifs is 1. The number of aliphatic hydroxyl groups is 1. The van der Waals surface area contributed by atoms with Crippen LogP contribution in [-0.4, -0.2) is 28.1 Å². The lowest BCUT2D eigenvalue weighted by Crippen LogP contribution is -2.44. The van der Waals surface area contributed by atoms with Gasteiger partial charge in [-0.3, -0.25) is 4.90 Å². The summed E-state index contributed by atoms with van der Waals surface area (Å²) in [5, 5.41) is 10.5. The Morgan fingerprint density at radius 3 is 2.41 bits per heavy atom. The van der Waals surface area contributed by atoms with Crippen molar-refractivity contribution < 1.29 is 5.11 Å². The smallest absolute Gasteiger partial charge is 0.0951 e. The van der Waals surface area contributed by atoms with Crippen molar-refractivity contribution in [1.29, 1.82) is 0 Å². The first-order valence-electron chi connectivity index (χ1n) is 6.72. The van der Waals surface area contributed by atoms with E-state index in [1.54, 1.807) is 0 Å². The quantitative estimate of drug-likeness (QED) is 0.803. The second-order valence-electron chi connectivity index (χ2n) is 5.64. The normalized spacial score (nSPS) is 37.4. The molecule has 4 atom stereocenters. The molecular formula is C15H21NO. The van der Waals surface area contributed by atoms with Crippen LogP contribution in [-0.2, 0) is 6.42 Å². The Balaban J connectivity index is 1.88. The summed E-state index contributed by atoms with van der Waals surface area (Å²) < 4.78 is 0. The maximum atomic E-state index is 10.5. The van der Waals surface area contributed by atoms with Crippen LogP contribution in [0.1, 0.15) is 43.9 Å². The number of rotatable bonds is 1. The summed E-state index contributed by atoms with van der Waals surface area (Å²) in [4.78, 5) is 2.53. The van der Waals surface area contributed by atoms with Crippen LogP contribution in [0.4, 0.5) is 0 Å². The van der Waals surface area contributed by atoms with Crippen molar-refractivity contribution in [1.82, 2.24) is 4.90 Å². The van der Waals surface area contributed by atoms with Gasteiger partial charge in [-0.2, -0.15) is 0 Å². The van der Waals surface area contributed by atoms with Crippen molar-refractivity contribution in [3.05, 3.63) is 35.4 Å². The van der Waals surface area contributed by atoms with Crippen LogP contribution in [0.15, 0.2) is 24.3 Å². The third-order valence-corrected chi connectivity index (χ3v) is 4.57. The van der Waals surface area contributed by atoms with E-state index >= 15 is 0 Å². The predicted octanol–water partition coefficient (Wildman–Crippen LogP) is 2.52. The predicted molar refractivity (Wildman–Crippen MR) is 68.9 cm³/mol. The van der Waals surface area contributed by atoms with Crippen LogP contribution < -0.4 is 0 Å². The van der Waals surface area contributed by atoms with E-state index in [9.17, 15) is 5.11 Å². The Morgan fingerprint density at radius 1 is 1.12 bits per heavy atom. The molecule has 1 saturated heterocycles. The van der Waals surface area contributed by atoms with Gasteiger partial charge in [0.05, 0.1) is 6.10 Å². The van der Waals surface area contributed by atoms with E-state index < -0.39 is 0 Å². The molecule has 0 unspecified atom stereocenters. The Morgan fingerprint density at radius 2 is 1.76 bits per heavy atom. The van der Waals surface area contributed by atoms with E-state index in [4.69, 9.17) is 0 Å². The number of aliphatic hydroxyl groups excluding tert-OH is 1. The summed E-state index contributed by atoms with van der Waals surface area (Å²) in [6, 6.07) is 9.85. The maximum absolute atomic E-state index is 10.5. The van der Waals surface area contributed by atoms with Crippen molar-refractivity contribution in [3.8, 4) is 0 Å². The zero-order valence-corrected chi connectivity index (χ0v) is 10.6. The minimum absolute atomic E-state index is 0.292. The van der Waals surface area contributed by atoms with Crippen molar-refractivity contribution in [2.45, 2.75) is 57.3 Å². The van der Waals surface area contributed by atoms with E-state index in [-0.39, 0.29) is 6.10 Å². The van der Waals surface area contributed by atoms with Gasteiger partial charge >= 0.3 is 0 Å². The van der Waals surface area contributed by atoms with Gasteiger partial charge in [0.2, 0.25) is 0 Å². The van der Waals surface area contributed by atoms with Crippen molar-refractivity contribution in [3.63, 3.8) is 0 Å². The van der Waals surface area contributed by atoms with E-state index in [0.717, 1.165) is 12.0 Å². The van der Waals surface area contributed by atoms with E-state index in [1.807, 2.05) is 6.07 Å². The Hall–Kier alpha value is -0.860. The molecule has 1 N–H and O–H groups in total. The average Bonchev–Trinajstić information content (AvgIpc) is 2.82. The molecule has 1 aliphatic heterocycles. The van der Waals surface area contributed by atoms with Crippen molar-refractivity contribution in [2.75, 3.05) is 0 Å². The summed E-state index contributed by atoms with van der Waals surface area (Å²) >= 11 is 0. The molecule has 1 aromatic carbocycles. The topological polar surface area (TPSA) is 23.5 Å². The molecule has 1 heterocycles. The van der Waals surface area contributed by atoms with Gasteiger partial charge in [-0.25, -0.2) is 0 Å². The lowest BCUT2D eigenvalue weighted by Gasteiger charge is -2.34. The van der Waals surface area contributed by atoms with E-state index in [1.165, 1.54) is 18.4 Å². The summed E-state index contributed by atoms with van der Waals surface area (Å²) in [6.45, 7) is 4.58. The lowest BCUT2D eigenvalue weighted by atomic mass is 10.1. The minimum Gasteiger partial charge on any atom is -0.387 e. The molecule has 3 rings (SSSR count). The summed E-state index contributed by atoms with van der Waals surface area (Å²) in [5.41, 5.74) is 2.47. The first-order valence-corrected chi connectivity index (χ1v) is 6.72. The molecule has 0 aromatic heterocycles. The molecule has 1 aliphatic carbocycles. The zero-order chi connectivity index (χ0) is 12.0. The summed E-state index contributed by atoms with van der Waals surface area (Å²) in [5.74, 6) is 0. The lowest BCUT2D eigenvalue weighted by molar-refractivity contribution is 0.0374. The molecule has 0 bridgehead atoms. The zero-order valence-electron chi connectivity index (χ0n) is 10.6. The molecule has 1 aromatic rings. The number of benzene rings is 1. The highest BCUT2D eigenvalue weighted by Gasteiger charge is 2.41. The SMILES string of the molecule is C[C@@H]1CC[C@H](C)N1[C@@H]1Cc2ccccc2[C@@H]1O. The maximum Gasteiger partial charge on any atom is 0.0951 e. The Labute approximate surface area is 103 Å². The Kier molecular flexibility index (Phi) is 2.72. The first kappa shape index (κ1) is 11.2. The molecule has 1 fully saturated rings. The number of hydrogen-bond donors (Lipinski definition) is 1. The second-order valence-corrected chi connectivity index (χ2v) is 5.64. The molecule has 17 heavy (non-hydrogen) atoms. The first-order chi connectivity index (χ1) is 8.18. The second kappa shape index (κ2) is 4.11. The van der Waals surface area contributed by atoms with Gasteiger partial charge in [0, 0.05) is 18.1 Å². The van der Waals surface area contributed by atoms with Crippen LogP contribution in [0.2, 0.25) is 0 Å². The third-order valence-electron chi connectivity index (χ3n) is 4.57.